The highest BCUT2D eigenvalue weighted by atomic mass is 28.4. The zero-order chi connectivity index (χ0) is 42.1. The second-order valence-corrected chi connectivity index (χ2v) is 22.0. The summed E-state index contributed by atoms with van der Waals surface area (Å²) in [5, 5.41) is 12.0. The van der Waals surface area contributed by atoms with Gasteiger partial charge in [-0.15, -0.1) is 12.8 Å². The maximum Gasteiger partial charge on any atom is 0.261 e. The van der Waals surface area contributed by atoms with Crippen LogP contribution in [0.3, 0.4) is 0 Å². The molecule has 0 saturated carbocycles. The molecule has 314 valence electrons. The topological polar surface area (TPSA) is 42.4 Å². The minimum Gasteiger partial charge on any atom is -0.406 e. The fraction of sp³-hybridized carbons (Fsp3) is 0.462. The molecule has 0 radical (unpaired) electrons. The SMILES string of the molecule is C#Cc1ccc(CN(CCO)CC2CCCCN2C)cc1.C#Cc1ccc(CN(CCO[Si](c2ccccc2)(c2ccccc2)C(C)(C)C)CC2CCCCN2C)cc1. The number of rotatable bonds is 16. The van der Waals surface area contributed by atoms with Gasteiger partial charge in [0.1, 0.15) is 0 Å². The number of nitrogens with zero attached hydrogens (tertiary/aromatic N) is 4. The standard InChI is InChI=1S/C34H44N2OSi.C18H26N2O/c1-6-29-20-22-30(23-21-29)27-36(28-31-15-13-14-24-35(31)5)25-26-37-38(34(2,3)4,32-16-9-7-10-17-32)33-18-11-8-12-19-33;1-3-16-7-9-17(10-8-16)14-20(12-13-21)15-18-6-4-5-11-19(18)2/h1,7-12,16-23,31H,13-15,24-28H2,2-5H3;1,7-10,18,21H,4-6,11-15H2,2H3. The van der Waals surface area contributed by atoms with Gasteiger partial charge in [-0.3, -0.25) is 9.80 Å². The second kappa shape index (κ2) is 23.1. The number of aliphatic hydroxyl groups is 1. The Kier molecular flexibility index (Phi) is 18.0. The lowest BCUT2D eigenvalue weighted by molar-refractivity contribution is 0.110. The van der Waals surface area contributed by atoms with Crippen LogP contribution in [0.4, 0.5) is 0 Å². The Labute approximate surface area is 358 Å². The maximum atomic E-state index is 9.31. The van der Waals surface area contributed by atoms with Crippen molar-refractivity contribution in [2.24, 2.45) is 0 Å². The van der Waals surface area contributed by atoms with E-state index in [2.05, 4.69) is 163 Å². The van der Waals surface area contributed by atoms with Crippen LogP contribution < -0.4 is 10.4 Å². The Balaban J connectivity index is 0.000000266. The molecule has 2 atom stereocenters. The highest BCUT2D eigenvalue weighted by Crippen LogP contribution is 2.36. The molecule has 7 heteroatoms. The van der Waals surface area contributed by atoms with Crippen LogP contribution in [0.2, 0.25) is 5.04 Å². The highest BCUT2D eigenvalue weighted by molar-refractivity contribution is 6.99. The predicted molar refractivity (Wildman–Crippen MR) is 251 cm³/mol. The molecule has 4 aromatic carbocycles. The summed E-state index contributed by atoms with van der Waals surface area (Å²) in [6.07, 6.45) is 18.8. The summed E-state index contributed by atoms with van der Waals surface area (Å²) in [4.78, 5) is 9.93. The first-order chi connectivity index (χ1) is 28.6. The van der Waals surface area contributed by atoms with Gasteiger partial charge in [-0.2, -0.15) is 0 Å². The summed E-state index contributed by atoms with van der Waals surface area (Å²) in [6.45, 7) is 15.8. The lowest BCUT2D eigenvalue weighted by Crippen LogP contribution is -2.67. The van der Waals surface area contributed by atoms with Crippen molar-refractivity contribution in [2.45, 2.75) is 89.5 Å². The van der Waals surface area contributed by atoms with Crippen molar-refractivity contribution in [1.29, 1.82) is 0 Å². The molecule has 0 aromatic heterocycles. The molecule has 0 spiro atoms. The van der Waals surface area contributed by atoms with E-state index in [1.807, 2.05) is 12.1 Å². The predicted octanol–water partition coefficient (Wildman–Crippen LogP) is 7.48. The zero-order valence-corrected chi connectivity index (χ0v) is 37.7. The molecule has 2 saturated heterocycles. The average Bonchev–Trinajstić information content (AvgIpc) is 3.25. The van der Waals surface area contributed by atoms with E-state index < -0.39 is 8.32 Å². The molecule has 6 nitrogen and oxygen atoms in total. The van der Waals surface area contributed by atoms with Gasteiger partial charge in [-0.05, 0) is 104 Å². The van der Waals surface area contributed by atoms with E-state index in [4.69, 9.17) is 17.3 Å². The number of benzene rings is 4. The smallest absolute Gasteiger partial charge is 0.261 e. The van der Waals surface area contributed by atoms with Gasteiger partial charge in [0.15, 0.2) is 0 Å². The molecule has 2 unspecified atom stereocenters. The average molecular weight is 811 g/mol. The highest BCUT2D eigenvalue weighted by Gasteiger charge is 2.50. The van der Waals surface area contributed by atoms with Crippen molar-refractivity contribution < 1.29 is 9.53 Å². The minimum absolute atomic E-state index is 0.0187. The first-order valence-electron chi connectivity index (χ1n) is 21.9. The Morgan fingerprint density at radius 3 is 1.44 bits per heavy atom. The Morgan fingerprint density at radius 2 is 1.07 bits per heavy atom. The van der Waals surface area contributed by atoms with Gasteiger partial charge < -0.3 is 19.3 Å². The number of likely N-dealkylation sites (tertiary alicyclic amines) is 2. The van der Waals surface area contributed by atoms with Crippen LogP contribution in [0.5, 0.6) is 0 Å². The number of hydrogen-bond acceptors (Lipinski definition) is 6. The molecular formula is C52H70N4O2Si. The van der Waals surface area contributed by atoms with Crippen molar-refractivity contribution in [3.05, 3.63) is 131 Å². The normalized spacial score (nSPS) is 17.9. The lowest BCUT2D eigenvalue weighted by atomic mass is 10.0. The van der Waals surface area contributed by atoms with E-state index in [1.165, 1.54) is 73.1 Å². The van der Waals surface area contributed by atoms with Crippen molar-refractivity contribution >= 4 is 18.7 Å². The van der Waals surface area contributed by atoms with Gasteiger partial charge >= 0.3 is 0 Å². The molecule has 6 rings (SSSR count). The fourth-order valence-electron chi connectivity index (χ4n) is 8.98. The molecule has 59 heavy (non-hydrogen) atoms. The first kappa shape index (κ1) is 46.1. The molecule has 1 N–H and O–H groups in total. The van der Waals surface area contributed by atoms with Crippen molar-refractivity contribution in [3.8, 4) is 24.7 Å². The molecule has 0 bridgehead atoms. The van der Waals surface area contributed by atoms with Crippen LogP contribution in [0.15, 0.2) is 109 Å². The molecule has 0 amide bonds. The largest absolute Gasteiger partial charge is 0.406 e. The summed E-state index contributed by atoms with van der Waals surface area (Å²) in [7, 11) is 1.95. The molecule has 0 aliphatic carbocycles. The van der Waals surface area contributed by atoms with E-state index in [9.17, 15) is 5.11 Å². The summed E-state index contributed by atoms with van der Waals surface area (Å²) in [5.41, 5.74) is 4.40. The Hall–Kier alpha value is -4.02. The van der Waals surface area contributed by atoms with Crippen LogP contribution in [0.1, 0.15) is 81.5 Å². The summed E-state index contributed by atoms with van der Waals surface area (Å²) >= 11 is 0. The summed E-state index contributed by atoms with van der Waals surface area (Å²) in [5.74, 6) is 5.38. The van der Waals surface area contributed by atoms with Crippen LogP contribution >= 0.6 is 0 Å². The van der Waals surface area contributed by atoms with Gasteiger partial charge in [0, 0.05) is 69.1 Å². The number of piperidine rings is 2. The fourth-order valence-corrected chi connectivity index (χ4v) is 13.5. The van der Waals surface area contributed by atoms with E-state index in [1.54, 1.807) is 0 Å². The van der Waals surface area contributed by atoms with E-state index in [0.29, 0.717) is 18.7 Å². The monoisotopic (exact) mass is 811 g/mol. The van der Waals surface area contributed by atoms with E-state index in [-0.39, 0.29) is 11.6 Å². The summed E-state index contributed by atoms with van der Waals surface area (Å²) in [6, 6.07) is 39.7. The third kappa shape index (κ3) is 13.2. The van der Waals surface area contributed by atoms with Gasteiger partial charge in [-0.25, -0.2) is 0 Å². The number of aliphatic hydroxyl groups excluding tert-OH is 1. The van der Waals surface area contributed by atoms with E-state index in [0.717, 1.165) is 50.4 Å². The van der Waals surface area contributed by atoms with Crippen LogP contribution in [0.25, 0.3) is 0 Å². The van der Waals surface area contributed by atoms with Crippen LogP contribution in [-0.4, -0.2) is 112 Å². The Morgan fingerprint density at radius 1 is 0.644 bits per heavy atom. The summed E-state index contributed by atoms with van der Waals surface area (Å²) < 4.78 is 7.24. The van der Waals surface area contributed by atoms with Gasteiger partial charge in [0.05, 0.1) is 6.61 Å². The van der Waals surface area contributed by atoms with Gasteiger partial charge in [0.25, 0.3) is 8.32 Å². The molecule has 2 fully saturated rings. The lowest BCUT2D eigenvalue weighted by Gasteiger charge is -2.43. The second-order valence-electron chi connectivity index (χ2n) is 17.6. The molecule has 2 aliphatic rings. The molecule has 2 aliphatic heterocycles. The van der Waals surface area contributed by atoms with Crippen LogP contribution in [0, 0.1) is 24.7 Å². The zero-order valence-electron chi connectivity index (χ0n) is 36.7. The van der Waals surface area contributed by atoms with Crippen molar-refractivity contribution in [1.82, 2.24) is 19.6 Å². The van der Waals surface area contributed by atoms with Gasteiger partial charge in [0.2, 0.25) is 0 Å². The third-order valence-corrected chi connectivity index (χ3v) is 17.4. The quantitative estimate of drug-likeness (QED) is 0.0937. The number of terminal acetylenes is 2. The number of likely N-dealkylation sites (N-methyl/N-ethyl adjacent to an activating group) is 2. The Bertz CT molecular complexity index is 1840. The number of hydrogen-bond donors (Lipinski definition) is 1. The van der Waals surface area contributed by atoms with E-state index >= 15 is 0 Å². The molecule has 4 aromatic rings. The van der Waals surface area contributed by atoms with Crippen molar-refractivity contribution in [2.75, 3.05) is 66.6 Å². The van der Waals surface area contributed by atoms with Gasteiger partial charge in [-0.1, -0.05) is 130 Å². The third-order valence-electron chi connectivity index (χ3n) is 12.4. The first-order valence-corrected chi connectivity index (χ1v) is 23.8. The van der Waals surface area contributed by atoms with Crippen LogP contribution in [-0.2, 0) is 17.5 Å². The van der Waals surface area contributed by atoms with Crippen molar-refractivity contribution in [3.63, 3.8) is 0 Å². The molecular weight excluding hydrogens is 741 g/mol. The molecule has 2 heterocycles. The maximum absolute atomic E-state index is 9.31. The minimum atomic E-state index is -2.55.